The van der Waals surface area contributed by atoms with Crippen LogP contribution < -0.4 is 11.1 Å². The summed E-state index contributed by atoms with van der Waals surface area (Å²) in [7, 11) is 0. The van der Waals surface area contributed by atoms with Gasteiger partial charge in [-0.3, -0.25) is 4.79 Å². The van der Waals surface area contributed by atoms with Crippen LogP contribution in [0.15, 0.2) is 0 Å². The molecule has 4 atom stereocenters. The summed E-state index contributed by atoms with van der Waals surface area (Å²) in [5, 5.41) is 3.05. The van der Waals surface area contributed by atoms with Gasteiger partial charge in [-0.05, 0) is 38.5 Å². The molecule has 1 aliphatic carbocycles. The van der Waals surface area contributed by atoms with Crippen molar-refractivity contribution in [2.24, 2.45) is 17.6 Å². The van der Waals surface area contributed by atoms with Gasteiger partial charge in [0.15, 0.2) is 0 Å². The Kier molecular flexibility index (Phi) is 4.58. The lowest BCUT2D eigenvalue weighted by Crippen LogP contribution is -2.42. The molecule has 0 spiro atoms. The highest BCUT2D eigenvalue weighted by Gasteiger charge is 2.29. The van der Waals surface area contributed by atoms with Crippen LogP contribution in [0.2, 0.25) is 0 Å². The molecule has 1 amide bonds. The van der Waals surface area contributed by atoms with Crippen molar-refractivity contribution in [3.05, 3.63) is 0 Å². The molecule has 1 saturated carbocycles. The Labute approximate surface area is 92.8 Å². The SMILES string of the molecule is CCC(C)NC(=O)C1CC(C)CC(N)C1. The number of hydrogen-bond acceptors (Lipinski definition) is 2. The van der Waals surface area contributed by atoms with E-state index in [1.807, 2.05) is 6.92 Å². The maximum atomic E-state index is 11.9. The van der Waals surface area contributed by atoms with E-state index in [-0.39, 0.29) is 23.9 Å². The first-order chi connectivity index (χ1) is 7.02. The van der Waals surface area contributed by atoms with Crippen molar-refractivity contribution in [1.82, 2.24) is 5.32 Å². The first-order valence-corrected chi connectivity index (χ1v) is 6.08. The van der Waals surface area contributed by atoms with Crippen LogP contribution in [0.25, 0.3) is 0 Å². The van der Waals surface area contributed by atoms with E-state index in [9.17, 15) is 4.79 Å². The minimum Gasteiger partial charge on any atom is -0.353 e. The highest BCUT2D eigenvalue weighted by molar-refractivity contribution is 5.79. The number of amides is 1. The van der Waals surface area contributed by atoms with Crippen LogP contribution in [-0.2, 0) is 4.79 Å². The van der Waals surface area contributed by atoms with Gasteiger partial charge in [0.2, 0.25) is 5.91 Å². The second kappa shape index (κ2) is 5.50. The molecule has 88 valence electrons. The molecular formula is C12H24N2O. The lowest BCUT2D eigenvalue weighted by molar-refractivity contribution is -0.127. The van der Waals surface area contributed by atoms with Crippen LogP contribution >= 0.6 is 0 Å². The topological polar surface area (TPSA) is 55.1 Å². The summed E-state index contributed by atoms with van der Waals surface area (Å²) in [4.78, 5) is 11.9. The molecule has 0 bridgehead atoms. The van der Waals surface area contributed by atoms with Gasteiger partial charge in [-0.25, -0.2) is 0 Å². The third-order valence-corrected chi connectivity index (χ3v) is 3.35. The van der Waals surface area contributed by atoms with Crippen molar-refractivity contribution in [3.63, 3.8) is 0 Å². The van der Waals surface area contributed by atoms with Gasteiger partial charge >= 0.3 is 0 Å². The van der Waals surface area contributed by atoms with Gasteiger partial charge in [0.25, 0.3) is 0 Å². The van der Waals surface area contributed by atoms with Crippen LogP contribution in [0.5, 0.6) is 0 Å². The maximum Gasteiger partial charge on any atom is 0.223 e. The molecule has 0 saturated heterocycles. The molecule has 1 fully saturated rings. The lowest BCUT2D eigenvalue weighted by atomic mass is 9.79. The highest BCUT2D eigenvalue weighted by Crippen LogP contribution is 2.28. The molecule has 0 aliphatic heterocycles. The Balaban J connectivity index is 2.44. The van der Waals surface area contributed by atoms with E-state index >= 15 is 0 Å². The predicted octanol–water partition coefficient (Wildman–Crippen LogP) is 1.66. The standard InChI is InChI=1S/C12H24N2O/c1-4-9(3)14-12(15)10-5-8(2)6-11(13)7-10/h8-11H,4-7,13H2,1-3H3,(H,14,15). The molecule has 0 aromatic heterocycles. The van der Waals surface area contributed by atoms with Crippen LogP contribution in [-0.4, -0.2) is 18.0 Å². The summed E-state index contributed by atoms with van der Waals surface area (Å²) < 4.78 is 0. The Morgan fingerprint density at radius 2 is 2.13 bits per heavy atom. The number of nitrogens with one attached hydrogen (secondary N) is 1. The van der Waals surface area contributed by atoms with Gasteiger partial charge in [-0.2, -0.15) is 0 Å². The third kappa shape index (κ3) is 3.82. The zero-order valence-corrected chi connectivity index (χ0v) is 10.1. The van der Waals surface area contributed by atoms with E-state index in [4.69, 9.17) is 5.73 Å². The molecule has 0 aromatic carbocycles. The quantitative estimate of drug-likeness (QED) is 0.747. The maximum absolute atomic E-state index is 11.9. The molecule has 0 aromatic rings. The van der Waals surface area contributed by atoms with Crippen molar-refractivity contribution in [2.45, 2.75) is 58.5 Å². The zero-order valence-electron chi connectivity index (χ0n) is 10.1. The lowest BCUT2D eigenvalue weighted by Gasteiger charge is -2.31. The first-order valence-electron chi connectivity index (χ1n) is 6.08. The molecule has 0 heterocycles. The van der Waals surface area contributed by atoms with Gasteiger partial charge in [0.1, 0.15) is 0 Å². The molecular weight excluding hydrogens is 188 g/mol. The van der Waals surface area contributed by atoms with Crippen LogP contribution in [0.3, 0.4) is 0 Å². The normalized spacial score (nSPS) is 33.5. The van der Waals surface area contributed by atoms with Crippen molar-refractivity contribution < 1.29 is 4.79 Å². The van der Waals surface area contributed by atoms with Crippen molar-refractivity contribution in [3.8, 4) is 0 Å². The van der Waals surface area contributed by atoms with E-state index in [0.717, 1.165) is 25.7 Å². The van der Waals surface area contributed by atoms with Crippen LogP contribution in [0.1, 0.15) is 46.5 Å². The Morgan fingerprint density at radius 3 is 2.67 bits per heavy atom. The van der Waals surface area contributed by atoms with Crippen LogP contribution in [0, 0.1) is 11.8 Å². The fraction of sp³-hybridized carbons (Fsp3) is 0.917. The van der Waals surface area contributed by atoms with Gasteiger partial charge in [0, 0.05) is 18.0 Å². The van der Waals surface area contributed by atoms with Gasteiger partial charge in [-0.1, -0.05) is 13.8 Å². The van der Waals surface area contributed by atoms with E-state index < -0.39 is 0 Å². The second-order valence-electron chi connectivity index (χ2n) is 5.09. The van der Waals surface area contributed by atoms with E-state index in [0.29, 0.717) is 5.92 Å². The second-order valence-corrected chi connectivity index (χ2v) is 5.09. The molecule has 1 rings (SSSR count). The van der Waals surface area contributed by atoms with E-state index in [1.54, 1.807) is 0 Å². The molecule has 3 heteroatoms. The smallest absolute Gasteiger partial charge is 0.223 e. The van der Waals surface area contributed by atoms with Crippen molar-refractivity contribution in [1.29, 1.82) is 0 Å². The minimum absolute atomic E-state index is 0.137. The van der Waals surface area contributed by atoms with Gasteiger partial charge in [-0.15, -0.1) is 0 Å². The average molecular weight is 212 g/mol. The summed E-state index contributed by atoms with van der Waals surface area (Å²) in [6.45, 7) is 6.31. The molecule has 3 nitrogen and oxygen atoms in total. The van der Waals surface area contributed by atoms with Crippen molar-refractivity contribution in [2.75, 3.05) is 0 Å². The summed E-state index contributed by atoms with van der Waals surface area (Å²) >= 11 is 0. The Hall–Kier alpha value is -0.570. The molecule has 1 aliphatic rings. The van der Waals surface area contributed by atoms with Crippen molar-refractivity contribution >= 4 is 5.91 Å². The predicted molar refractivity (Wildman–Crippen MR) is 62.4 cm³/mol. The highest BCUT2D eigenvalue weighted by atomic mass is 16.1. The van der Waals surface area contributed by atoms with E-state index in [2.05, 4.69) is 19.2 Å². The molecule has 15 heavy (non-hydrogen) atoms. The summed E-state index contributed by atoms with van der Waals surface area (Å²) in [6.07, 6.45) is 3.90. The summed E-state index contributed by atoms with van der Waals surface area (Å²) in [6, 6.07) is 0.493. The fourth-order valence-electron chi connectivity index (χ4n) is 2.33. The summed E-state index contributed by atoms with van der Waals surface area (Å²) in [5.41, 5.74) is 5.94. The third-order valence-electron chi connectivity index (χ3n) is 3.35. The molecule has 3 N–H and O–H groups in total. The Bertz CT molecular complexity index is 208. The van der Waals surface area contributed by atoms with Gasteiger partial charge in [0.05, 0.1) is 0 Å². The fourth-order valence-corrected chi connectivity index (χ4v) is 2.33. The largest absolute Gasteiger partial charge is 0.353 e. The summed E-state index contributed by atoms with van der Waals surface area (Å²) in [5.74, 6) is 0.922. The van der Waals surface area contributed by atoms with E-state index in [1.165, 1.54) is 0 Å². The van der Waals surface area contributed by atoms with Crippen LogP contribution in [0.4, 0.5) is 0 Å². The number of carbonyl (C=O) groups is 1. The average Bonchev–Trinajstić information content (AvgIpc) is 2.16. The number of nitrogens with two attached hydrogens (primary N) is 1. The number of carbonyl (C=O) groups excluding carboxylic acids is 1. The zero-order chi connectivity index (χ0) is 11.4. The number of hydrogen-bond donors (Lipinski definition) is 2. The first kappa shape index (κ1) is 12.5. The molecule has 0 radical (unpaired) electrons. The Morgan fingerprint density at radius 1 is 1.47 bits per heavy atom. The number of rotatable bonds is 3. The minimum atomic E-state index is 0.137. The van der Waals surface area contributed by atoms with Gasteiger partial charge < -0.3 is 11.1 Å². The molecule has 4 unspecified atom stereocenters. The monoisotopic (exact) mass is 212 g/mol.